The maximum atomic E-state index is 12.4. The largest absolute Gasteiger partial charge is 0.466 e. The fourth-order valence-electron chi connectivity index (χ4n) is 9.39. The van der Waals surface area contributed by atoms with E-state index in [1.807, 2.05) is 6.08 Å². The summed E-state index contributed by atoms with van der Waals surface area (Å²) in [7, 11) is 0. The second kappa shape index (κ2) is 58.6. The van der Waals surface area contributed by atoms with Gasteiger partial charge in [0, 0.05) is 12.8 Å². The monoisotopic (exact) mass is 970 g/mol. The number of esters is 1. The van der Waals surface area contributed by atoms with Crippen molar-refractivity contribution in [2.45, 2.75) is 341 Å². The van der Waals surface area contributed by atoms with Crippen LogP contribution in [-0.2, 0) is 14.3 Å². The molecule has 1 amide bonds. The second-order valence-electron chi connectivity index (χ2n) is 21.0. The molecule has 0 aromatic carbocycles. The SMILES string of the molecule is CCCCCCCCC/C=C\CCCCCCCC(=O)OCCCCCCCCCCCCCC/C=C\CCCCCCCCCCC(=O)NC(CO)C(O)/C=C/CCCCCCCCCCCC. The van der Waals surface area contributed by atoms with Gasteiger partial charge >= 0.3 is 5.97 Å². The standard InChI is InChI=1S/C63H119NO5/c1-3-5-7-9-11-13-15-17-18-30-33-37-41-45-49-53-57-63(68)69-58-54-50-46-42-38-34-31-28-26-24-22-20-19-21-23-25-27-29-32-36-40-44-48-52-56-62(67)64-60(59-65)61(66)55-51-47-43-39-35-16-14-12-10-8-6-4-2/h18,21,23,30,51,55,60-61,65-66H,3-17,19-20,22,24-29,31-50,52-54,56-59H2,1-2H3,(H,64,67)/b23-21-,30-18-,55-51+. The predicted molar refractivity (Wildman–Crippen MR) is 301 cm³/mol. The van der Waals surface area contributed by atoms with E-state index in [1.54, 1.807) is 6.08 Å². The Morgan fingerprint density at radius 3 is 1.03 bits per heavy atom. The lowest BCUT2D eigenvalue weighted by Gasteiger charge is -2.20. The molecule has 0 radical (unpaired) electrons. The first-order chi connectivity index (χ1) is 34.0. The molecule has 6 heteroatoms. The van der Waals surface area contributed by atoms with Crippen LogP contribution in [-0.4, -0.2) is 47.4 Å². The Balaban J connectivity index is 3.41. The van der Waals surface area contributed by atoms with Crippen molar-refractivity contribution < 1.29 is 24.5 Å². The molecule has 0 spiro atoms. The molecule has 3 N–H and O–H groups in total. The van der Waals surface area contributed by atoms with Crippen LogP contribution in [0.1, 0.15) is 328 Å². The molecule has 0 heterocycles. The third-order valence-electron chi connectivity index (χ3n) is 14.1. The molecule has 0 saturated carbocycles. The number of rotatable bonds is 57. The van der Waals surface area contributed by atoms with Crippen LogP contribution in [0.3, 0.4) is 0 Å². The average Bonchev–Trinajstić information content (AvgIpc) is 3.35. The van der Waals surface area contributed by atoms with E-state index in [9.17, 15) is 19.8 Å². The van der Waals surface area contributed by atoms with E-state index >= 15 is 0 Å². The van der Waals surface area contributed by atoms with Crippen LogP contribution >= 0.6 is 0 Å². The van der Waals surface area contributed by atoms with E-state index in [1.165, 1.54) is 257 Å². The van der Waals surface area contributed by atoms with E-state index in [-0.39, 0.29) is 18.5 Å². The Kier molecular flexibility index (Phi) is 57.0. The zero-order valence-electron chi connectivity index (χ0n) is 46.3. The first kappa shape index (κ1) is 67.1. The molecule has 0 aromatic rings. The van der Waals surface area contributed by atoms with Gasteiger partial charge in [-0.05, 0) is 83.5 Å². The summed E-state index contributed by atoms with van der Waals surface area (Å²) in [4.78, 5) is 24.5. The van der Waals surface area contributed by atoms with Gasteiger partial charge in [0.25, 0.3) is 0 Å². The van der Waals surface area contributed by atoms with E-state index < -0.39 is 12.1 Å². The molecule has 0 aromatic heterocycles. The molecule has 0 saturated heterocycles. The summed E-state index contributed by atoms with van der Waals surface area (Å²) in [5, 5.41) is 23.0. The van der Waals surface area contributed by atoms with Crippen LogP contribution in [0.15, 0.2) is 36.5 Å². The second-order valence-corrected chi connectivity index (χ2v) is 21.0. The minimum Gasteiger partial charge on any atom is -0.466 e. The number of ether oxygens (including phenoxy) is 1. The Labute approximate surface area is 430 Å². The number of aliphatic hydroxyl groups excluding tert-OH is 2. The highest BCUT2D eigenvalue weighted by molar-refractivity contribution is 5.76. The van der Waals surface area contributed by atoms with Crippen LogP contribution in [0.5, 0.6) is 0 Å². The third kappa shape index (κ3) is 55.2. The molecule has 2 atom stereocenters. The lowest BCUT2D eigenvalue weighted by Crippen LogP contribution is -2.45. The molecule has 69 heavy (non-hydrogen) atoms. The molecule has 0 aliphatic heterocycles. The lowest BCUT2D eigenvalue weighted by atomic mass is 10.0. The summed E-state index contributed by atoms with van der Waals surface area (Å²) in [5.74, 6) is -0.0685. The third-order valence-corrected chi connectivity index (χ3v) is 14.1. The molecule has 406 valence electrons. The highest BCUT2D eigenvalue weighted by atomic mass is 16.5. The summed E-state index contributed by atoms with van der Waals surface area (Å²) in [5.41, 5.74) is 0. The molecular weight excluding hydrogens is 851 g/mol. The van der Waals surface area contributed by atoms with Crippen molar-refractivity contribution in [2.75, 3.05) is 13.2 Å². The molecule has 0 fully saturated rings. The number of carbonyl (C=O) groups is 2. The van der Waals surface area contributed by atoms with E-state index in [4.69, 9.17) is 4.74 Å². The van der Waals surface area contributed by atoms with Crippen molar-refractivity contribution in [3.63, 3.8) is 0 Å². The number of aliphatic hydroxyl groups is 2. The quantitative estimate of drug-likeness (QED) is 0.0321. The highest BCUT2D eigenvalue weighted by Gasteiger charge is 2.18. The van der Waals surface area contributed by atoms with Crippen LogP contribution < -0.4 is 5.32 Å². The summed E-state index contributed by atoms with van der Waals surface area (Å²) >= 11 is 0. The van der Waals surface area contributed by atoms with Crippen LogP contribution in [0.4, 0.5) is 0 Å². The van der Waals surface area contributed by atoms with Crippen molar-refractivity contribution in [1.82, 2.24) is 5.32 Å². The Hall–Kier alpha value is -1.92. The summed E-state index contributed by atoms with van der Waals surface area (Å²) in [6.45, 7) is 4.90. The highest BCUT2D eigenvalue weighted by Crippen LogP contribution is 2.16. The smallest absolute Gasteiger partial charge is 0.305 e. The fourth-order valence-corrected chi connectivity index (χ4v) is 9.39. The first-order valence-corrected chi connectivity index (χ1v) is 30.8. The summed E-state index contributed by atoms with van der Waals surface area (Å²) < 4.78 is 5.48. The van der Waals surface area contributed by atoms with Crippen molar-refractivity contribution in [3.05, 3.63) is 36.5 Å². The first-order valence-electron chi connectivity index (χ1n) is 30.8. The van der Waals surface area contributed by atoms with Crippen molar-refractivity contribution in [3.8, 4) is 0 Å². The van der Waals surface area contributed by atoms with E-state index in [0.717, 1.165) is 44.9 Å². The minimum absolute atomic E-state index is 0.00453. The molecule has 2 unspecified atom stereocenters. The van der Waals surface area contributed by atoms with Crippen molar-refractivity contribution in [2.24, 2.45) is 0 Å². The predicted octanol–water partition coefficient (Wildman–Crippen LogP) is 19.2. The number of hydrogen-bond acceptors (Lipinski definition) is 5. The van der Waals surface area contributed by atoms with Gasteiger partial charge in [0.15, 0.2) is 0 Å². The Morgan fingerprint density at radius 2 is 0.681 bits per heavy atom. The molecular formula is C63H119NO5. The van der Waals surface area contributed by atoms with Gasteiger partial charge in [-0.15, -0.1) is 0 Å². The van der Waals surface area contributed by atoms with Gasteiger partial charge in [0.2, 0.25) is 5.91 Å². The molecule has 0 rings (SSSR count). The van der Waals surface area contributed by atoms with Gasteiger partial charge in [-0.3, -0.25) is 9.59 Å². The van der Waals surface area contributed by atoms with E-state index in [0.29, 0.717) is 19.4 Å². The Morgan fingerprint density at radius 1 is 0.391 bits per heavy atom. The zero-order valence-corrected chi connectivity index (χ0v) is 46.3. The summed E-state index contributed by atoms with van der Waals surface area (Å²) in [6.07, 6.45) is 73.3. The zero-order chi connectivity index (χ0) is 50.0. The van der Waals surface area contributed by atoms with Crippen molar-refractivity contribution >= 4 is 11.9 Å². The number of nitrogens with one attached hydrogen (secondary N) is 1. The molecule has 0 bridgehead atoms. The maximum absolute atomic E-state index is 12.4. The lowest BCUT2D eigenvalue weighted by molar-refractivity contribution is -0.143. The number of carbonyl (C=O) groups excluding carboxylic acids is 2. The average molecular weight is 971 g/mol. The molecule has 0 aliphatic carbocycles. The minimum atomic E-state index is -0.846. The van der Waals surface area contributed by atoms with Gasteiger partial charge in [-0.2, -0.15) is 0 Å². The normalized spacial score (nSPS) is 12.8. The van der Waals surface area contributed by atoms with Crippen LogP contribution in [0.2, 0.25) is 0 Å². The van der Waals surface area contributed by atoms with Gasteiger partial charge in [0.1, 0.15) is 0 Å². The van der Waals surface area contributed by atoms with Crippen LogP contribution in [0, 0.1) is 0 Å². The summed E-state index contributed by atoms with van der Waals surface area (Å²) in [6, 6.07) is -0.630. The number of hydrogen-bond donors (Lipinski definition) is 3. The van der Waals surface area contributed by atoms with Gasteiger partial charge in [0.05, 0.1) is 25.4 Å². The number of amides is 1. The molecule has 6 nitrogen and oxygen atoms in total. The Bertz CT molecular complexity index is 1120. The topological polar surface area (TPSA) is 95.9 Å². The maximum Gasteiger partial charge on any atom is 0.305 e. The number of unbranched alkanes of at least 4 members (excludes halogenated alkanes) is 42. The van der Waals surface area contributed by atoms with Crippen molar-refractivity contribution in [1.29, 1.82) is 0 Å². The van der Waals surface area contributed by atoms with Gasteiger partial charge in [-0.1, -0.05) is 269 Å². The molecule has 0 aliphatic rings. The van der Waals surface area contributed by atoms with E-state index in [2.05, 4.69) is 43.5 Å². The van der Waals surface area contributed by atoms with Gasteiger partial charge < -0.3 is 20.3 Å². The van der Waals surface area contributed by atoms with Gasteiger partial charge in [-0.25, -0.2) is 0 Å². The number of allylic oxidation sites excluding steroid dienone is 5. The van der Waals surface area contributed by atoms with Crippen LogP contribution in [0.25, 0.3) is 0 Å². The fraction of sp³-hybridized carbons (Fsp3) is 0.873.